The van der Waals surface area contributed by atoms with Crippen LogP contribution in [0.4, 0.5) is 4.79 Å². The standard InChI is InChI=1S/C16H22N2O2S4/c1-16(2,3)12-5-7-13(8-6-12)23-24-18(4)15(19)20-17-14-11-21-9-10-22-14/h5-8,11,17H,9-10H2,1-4H3. The van der Waals surface area contributed by atoms with Crippen LogP contribution < -0.4 is 5.48 Å². The van der Waals surface area contributed by atoms with Crippen LogP contribution in [0, 0.1) is 0 Å². The van der Waals surface area contributed by atoms with Gasteiger partial charge in [0, 0.05) is 39.8 Å². The third-order valence-corrected chi connectivity index (χ3v) is 7.66. The van der Waals surface area contributed by atoms with E-state index in [0.717, 1.165) is 21.4 Å². The summed E-state index contributed by atoms with van der Waals surface area (Å²) < 4.78 is 1.47. The molecule has 0 bridgehead atoms. The summed E-state index contributed by atoms with van der Waals surface area (Å²) in [4.78, 5) is 18.2. The zero-order chi connectivity index (χ0) is 17.6. The van der Waals surface area contributed by atoms with Gasteiger partial charge in [0.15, 0.2) is 0 Å². The molecule has 1 aromatic rings. The van der Waals surface area contributed by atoms with E-state index in [-0.39, 0.29) is 5.41 Å². The van der Waals surface area contributed by atoms with Crippen molar-refractivity contribution in [2.75, 3.05) is 18.6 Å². The second-order valence-electron chi connectivity index (χ2n) is 6.10. The quantitative estimate of drug-likeness (QED) is 0.397. The first kappa shape index (κ1) is 19.8. The summed E-state index contributed by atoms with van der Waals surface area (Å²) in [5, 5.41) is 2.85. The second kappa shape index (κ2) is 9.22. The van der Waals surface area contributed by atoms with Gasteiger partial charge in [-0.3, -0.25) is 0 Å². The van der Waals surface area contributed by atoms with Crippen LogP contribution >= 0.6 is 45.3 Å². The Kier molecular flexibility index (Phi) is 7.59. The Hall–Kier alpha value is -0.570. The first-order valence-corrected chi connectivity index (χ1v) is 11.6. The maximum atomic E-state index is 12.0. The molecule has 1 N–H and O–H groups in total. The van der Waals surface area contributed by atoms with Gasteiger partial charge >= 0.3 is 6.09 Å². The van der Waals surface area contributed by atoms with Crippen LogP contribution in [0.25, 0.3) is 0 Å². The number of carbonyl (C=O) groups is 1. The van der Waals surface area contributed by atoms with E-state index in [4.69, 9.17) is 4.84 Å². The van der Waals surface area contributed by atoms with Crippen molar-refractivity contribution in [2.24, 2.45) is 0 Å². The third kappa shape index (κ3) is 6.38. The van der Waals surface area contributed by atoms with Crippen LogP contribution in [0.1, 0.15) is 26.3 Å². The number of amides is 1. The number of carbonyl (C=O) groups excluding carboxylic acids is 1. The molecule has 1 aromatic carbocycles. The fraction of sp³-hybridized carbons (Fsp3) is 0.438. The molecular formula is C16H22N2O2S4. The molecule has 0 spiro atoms. The van der Waals surface area contributed by atoms with E-state index in [1.807, 2.05) is 5.41 Å². The number of nitrogens with zero attached hydrogens (tertiary/aromatic N) is 1. The van der Waals surface area contributed by atoms with Gasteiger partial charge in [0.25, 0.3) is 0 Å². The fourth-order valence-electron chi connectivity index (χ4n) is 1.72. The molecule has 1 aliphatic rings. The smallest absolute Gasteiger partial charge is 0.323 e. The molecule has 0 saturated carbocycles. The number of thioether (sulfide) groups is 2. The molecule has 0 unspecified atom stereocenters. The van der Waals surface area contributed by atoms with Crippen molar-refractivity contribution in [1.29, 1.82) is 0 Å². The third-order valence-electron chi connectivity index (χ3n) is 3.11. The minimum absolute atomic E-state index is 0.146. The van der Waals surface area contributed by atoms with Crippen molar-refractivity contribution < 1.29 is 9.63 Å². The van der Waals surface area contributed by atoms with Gasteiger partial charge in [-0.2, -0.15) is 0 Å². The predicted octanol–water partition coefficient (Wildman–Crippen LogP) is 5.49. The van der Waals surface area contributed by atoms with Crippen molar-refractivity contribution in [3.8, 4) is 0 Å². The number of nitrogens with one attached hydrogen (secondary N) is 1. The van der Waals surface area contributed by atoms with Gasteiger partial charge in [-0.25, -0.2) is 14.6 Å². The number of rotatable bonds is 5. The molecule has 24 heavy (non-hydrogen) atoms. The van der Waals surface area contributed by atoms with Gasteiger partial charge in [0.05, 0.1) is 0 Å². The Morgan fingerprint density at radius 3 is 2.54 bits per heavy atom. The van der Waals surface area contributed by atoms with Gasteiger partial charge < -0.3 is 4.84 Å². The Morgan fingerprint density at radius 1 is 1.25 bits per heavy atom. The maximum absolute atomic E-state index is 12.0. The molecule has 2 rings (SSSR count). The highest BCUT2D eigenvalue weighted by Crippen LogP contribution is 2.34. The van der Waals surface area contributed by atoms with Crippen LogP contribution in [-0.2, 0) is 10.3 Å². The summed E-state index contributed by atoms with van der Waals surface area (Å²) in [6, 6.07) is 8.42. The lowest BCUT2D eigenvalue weighted by Crippen LogP contribution is -2.27. The normalized spacial score (nSPS) is 14.8. The average molecular weight is 403 g/mol. The van der Waals surface area contributed by atoms with E-state index < -0.39 is 6.09 Å². The van der Waals surface area contributed by atoms with E-state index in [1.165, 1.54) is 31.6 Å². The second-order valence-corrected chi connectivity index (χ2v) is 10.5. The number of hydrogen-bond donors (Lipinski definition) is 1. The maximum Gasteiger partial charge on any atom is 0.444 e. The lowest BCUT2D eigenvalue weighted by molar-refractivity contribution is 0.0975. The van der Waals surface area contributed by atoms with E-state index >= 15 is 0 Å². The number of hydrogen-bond acceptors (Lipinski definition) is 7. The molecule has 0 radical (unpaired) electrons. The van der Waals surface area contributed by atoms with E-state index in [9.17, 15) is 4.79 Å². The molecule has 1 amide bonds. The average Bonchev–Trinajstić information content (AvgIpc) is 2.58. The molecule has 0 atom stereocenters. The lowest BCUT2D eigenvalue weighted by atomic mass is 9.87. The largest absolute Gasteiger partial charge is 0.444 e. The molecule has 0 aliphatic carbocycles. The molecule has 132 valence electrons. The van der Waals surface area contributed by atoms with Gasteiger partial charge in [0.1, 0.15) is 5.03 Å². The summed E-state index contributed by atoms with van der Waals surface area (Å²) in [5.74, 6) is 2.11. The van der Waals surface area contributed by atoms with Crippen LogP contribution in [0.3, 0.4) is 0 Å². The highest BCUT2D eigenvalue weighted by Gasteiger charge is 2.15. The van der Waals surface area contributed by atoms with E-state index in [2.05, 4.69) is 50.5 Å². The van der Waals surface area contributed by atoms with Crippen LogP contribution in [-0.4, -0.2) is 29.0 Å². The Balaban J connectivity index is 1.76. The van der Waals surface area contributed by atoms with Gasteiger partial charge in [0.2, 0.25) is 0 Å². The topological polar surface area (TPSA) is 41.6 Å². The Bertz CT molecular complexity index is 585. The highest BCUT2D eigenvalue weighted by atomic mass is 33.1. The van der Waals surface area contributed by atoms with Gasteiger partial charge in [-0.1, -0.05) is 32.9 Å². The van der Waals surface area contributed by atoms with Crippen molar-refractivity contribution in [3.63, 3.8) is 0 Å². The summed E-state index contributed by atoms with van der Waals surface area (Å²) >= 11 is 3.37. The number of hydroxylamine groups is 1. The van der Waals surface area contributed by atoms with E-state index in [1.54, 1.807) is 30.6 Å². The van der Waals surface area contributed by atoms with Crippen LogP contribution in [0.15, 0.2) is 39.6 Å². The number of benzene rings is 1. The first-order chi connectivity index (χ1) is 11.4. The van der Waals surface area contributed by atoms with Crippen molar-refractivity contribution in [1.82, 2.24) is 9.79 Å². The van der Waals surface area contributed by atoms with Crippen molar-refractivity contribution >= 4 is 51.4 Å². The Morgan fingerprint density at radius 2 is 1.96 bits per heavy atom. The predicted molar refractivity (Wildman–Crippen MR) is 109 cm³/mol. The van der Waals surface area contributed by atoms with Crippen molar-refractivity contribution in [3.05, 3.63) is 40.3 Å². The summed E-state index contributed by atoms with van der Waals surface area (Å²) in [5.41, 5.74) is 4.16. The summed E-state index contributed by atoms with van der Waals surface area (Å²) in [6.45, 7) is 6.58. The first-order valence-electron chi connectivity index (χ1n) is 7.46. The zero-order valence-electron chi connectivity index (χ0n) is 14.2. The fourth-order valence-corrected chi connectivity index (χ4v) is 5.21. The molecule has 1 aliphatic heterocycles. The highest BCUT2D eigenvalue weighted by molar-refractivity contribution is 8.75. The van der Waals surface area contributed by atoms with Crippen LogP contribution in [0.2, 0.25) is 0 Å². The summed E-state index contributed by atoms with van der Waals surface area (Å²) in [7, 11) is 4.57. The van der Waals surface area contributed by atoms with Crippen molar-refractivity contribution in [2.45, 2.75) is 31.1 Å². The van der Waals surface area contributed by atoms with Crippen LogP contribution in [0.5, 0.6) is 0 Å². The van der Waals surface area contributed by atoms with Gasteiger partial charge in [-0.05, 0) is 33.9 Å². The molecule has 0 aromatic heterocycles. The monoisotopic (exact) mass is 402 g/mol. The molecular weight excluding hydrogens is 380 g/mol. The molecule has 8 heteroatoms. The summed E-state index contributed by atoms with van der Waals surface area (Å²) in [6.07, 6.45) is -0.420. The zero-order valence-corrected chi connectivity index (χ0v) is 17.5. The van der Waals surface area contributed by atoms with Gasteiger partial charge in [-0.15, -0.1) is 23.5 Å². The minimum Gasteiger partial charge on any atom is -0.323 e. The molecule has 0 saturated heterocycles. The molecule has 0 fully saturated rings. The SMILES string of the molecule is CN(SSc1ccc(C(C)(C)C)cc1)C(=O)ONC1=CSCCS1. The molecule has 4 nitrogen and oxygen atoms in total. The minimum atomic E-state index is -0.420. The lowest BCUT2D eigenvalue weighted by Gasteiger charge is -2.19. The Labute approximate surface area is 160 Å². The van der Waals surface area contributed by atoms with E-state index in [0.29, 0.717) is 0 Å². The molecule has 1 heterocycles.